The third kappa shape index (κ3) is 4.93. The zero-order valence-corrected chi connectivity index (χ0v) is 19.7. The Morgan fingerprint density at radius 2 is 1.76 bits per heavy atom. The first-order valence-corrected chi connectivity index (χ1v) is 11.5. The first-order chi connectivity index (χ1) is 16.3. The molecule has 1 amide bonds. The van der Waals surface area contributed by atoms with E-state index >= 15 is 0 Å². The Hall–Kier alpha value is -3.74. The van der Waals surface area contributed by atoms with Crippen LogP contribution in [0.25, 0.3) is 10.8 Å². The summed E-state index contributed by atoms with van der Waals surface area (Å²) < 4.78 is 17.3. The van der Waals surface area contributed by atoms with E-state index in [1.807, 2.05) is 43.5 Å². The lowest BCUT2D eigenvalue weighted by molar-refractivity contribution is -0.122. The minimum Gasteiger partial charge on any atom is -0.352 e. The van der Waals surface area contributed by atoms with Crippen molar-refractivity contribution in [1.29, 1.82) is 0 Å². The van der Waals surface area contributed by atoms with E-state index in [1.165, 1.54) is 16.3 Å². The van der Waals surface area contributed by atoms with Gasteiger partial charge in [-0.25, -0.2) is 9.07 Å². The van der Waals surface area contributed by atoms with E-state index in [9.17, 15) is 14.0 Å². The van der Waals surface area contributed by atoms with E-state index in [0.29, 0.717) is 22.9 Å². The van der Waals surface area contributed by atoms with Crippen LogP contribution in [0.2, 0.25) is 0 Å². The third-order valence-corrected chi connectivity index (χ3v) is 6.30. The van der Waals surface area contributed by atoms with Crippen LogP contribution in [0.3, 0.4) is 0 Å². The SMILES string of the molecule is Cc1c2cnn(CC(=O)NC(C)CCc3ccccc3)c(=O)c2c(C)n1Cc1ccccc1F. The van der Waals surface area contributed by atoms with Crippen LogP contribution >= 0.6 is 0 Å². The summed E-state index contributed by atoms with van der Waals surface area (Å²) in [4.78, 5) is 25.8. The number of carbonyl (C=O) groups is 1. The van der Waals surface area contributed by atoms with Crippen LogP contribution in [0, 0.1) is 19.7 Å². The quantitative estimate of drug-likeness (QED) is 0.430. The Morgan fingerprint density at radius 1 is 1.06 bits per heavy atom. The maximum Gasteiger partial charge on any atom is 0.276 e. The highest BCUT2D eigenvalue weighted by Gasteiger charge is 2.18. The molecule has 1 unspecified atom stereocenters. The fourth-order valence-corrected chi connectivity index (χ4v) is 4.35. The van der Waals surface area contributed by atoms with Gasteiger partial charge in [0, 0.05) is 28.4 Å². The summed E-state index contributed by atoms with van der Waals surface area (Å²) in [5.74, 6) is -0.540. The largest absolute Gasteiger partial charge is 0.352 e. The highest BCUT2D eigenvalue weighted by Crippen LogP contribution is 2.23. The van der Waals surface area contributed by atoms with E-state index in [4.69, 9.17) is 0 Å². The lowest BCUT2D eigenvalue weighted by Crippen LogP contribution is -2.38. The van der Waals surface area contributed by atoms with Gasteiger partial charge in [-0.15, -0.1) is 0 Å². The van der Waals surface area contributed by atoms with E-state index < -0.39 is 0 Å². The highest BCUT2D eigenvalue weighted by atomic mass is 19.1. The van der Waals surface area contributed by atoms with E-state index in [2.05, 4.69) is 22.5 Å². The Labute approximate surface area is 198 Å². The number of nitrogens with one attached hydrogen (secondary N) is 1. The van der Waals surface area contributed by atoms with Crippen molar-refractivity contribution in [3.05, 3.63) is 99.5 Å². The smallest absolute Gasteiger partial charge is 0.276 e. The molecular weight excluding hydrogens is 431 g/mol. The van der Waals surface area contributed by atoms with Crippen LogP contribution in [0.1, 0.15) is 35.9 Å². The van der Waals surface area contributed by atoms with Crippen molar-refractivity contribution in [2.75, 3.05) is 0 Å². The number of hydrogen-bond acceptors (Lipinski definition) is 3. The van der Waals surface area contributed by atoms with Gasteiger partial charge >= 0.3 is 0 Å². The molecule has 0 spiro atoms. The Bertz CT molecular complexity index is 1370. The van der Waals surface area contributed by atoms with Gasteiger partial charge in [-0.05, 0) is 45.2 Å². The van der Waals surface area contributed by atoms with Crippen molar-refractivity contribution in [3.63, 3.8) is 0 Å². The van der Waals surface area contributed by atoms with Gasteiger partial charge in [0.05, 0.1) is 18.1 Å². The van der Waals surface area contributed by atoms with Crippen LogP contribution in [0.4, 0.5) is 4.39 Å². The van der Waals surface area contributed by atoms with Crippen LogP contribution in [-0.2, 0) is 24.3 Å². The summed E-state index contributed by atoms with van der Waals surface area (Å²) in [6.45, 7) is 5.85. The number of benzene rings is 2. The van der Waals surface area contributed by atoms with Crippen LogP contribution in [0.15, 0.2) is 65.6 Å². The molecule has 176 valence electrons. The maximum absolute atomic E-state index is 14.2. The molecule has 0 saturated heterocycles. The summed E-state index contributed by atoms with van der Waals surface area (Å²) >= 11 is 0. The fraction of sp³-hybridized carbons (Fsp3) is 0.296. The monoisotopic (exact) mass is 460 g/mol. The van der Waals surface area contributed by atoms with Crippen molar-refractivity contribution in [2.45, 2.75) is 52.7 Å². The molecule has 0 aliphatic carbocycles. The molecule has 1 atom stereocenters. The van der Waals surface area contributed by atoms with Crippen molar-refractivity contribution in [1.82, 2.24) is 19.7 Å². The standard InChI is InChI=1S/C27H29FN4O2/c1-18(13-14-21-9-5-4-6-10-21)30-25(33)17-32-27(34)26-20(3)31(19(2)23(26)15-29-32)16-22-11-7-8-12-24(22)28/h4-12,15,18H,13-14,16-17H2,1-3H3,(H,30,33). The molecule has 7 heteroatoms. The summed E-state index contributed by atoms with van der Waals surface area (Å²) in [5, 5.41) is 8.42. The highest BCUT2D eigenvalue weighted by molar-refractivity contribution is 5.87. The molecule has 1 N–H and O–H groups in total. The average Bonchev–Trinajstić information content (AvgIpc) is 3.06. The summed E-state index contributed by atoms with van der Waals surface area (Å²) in [6.07, 6.45) is 3.28. The van der Waals surface area contributed by atoms with Gasteiger partial charge in [-0.1, -0.05) is 48.5 Å². The lowest BCUT2D eigenvalue weighted by Gasteiger charge is -2.14. The second-order valence-electron chi connectivity index (χ2n) is 8.74. The summed E-state index contributed by atoms with van der Waals surface area (Å²) in [6, 6.07) is 16.7. The number of nitrogens with zero attached hydrogens (tertiary/aromatic N) is 3. The number of fused-ring (bicyclic) bond motifs is 1. The first-order valence-electron chi connectivity index (χ1n) is 11.5. The molecule has 4 aromatic rings. The molecule has 34 heavy (non-hydrogen) atoms. The molecule has 6 nitrogen and oxygen atoms in total. The molecule has 0 bridgehead atoms. The average molecular weight is 461 g/mol. The van der Waals surface area contributed by atoms with Gasteiger partial charge < -0.3 is 9.88 Å². The third-order valence-electron chi connectivity index (χ3n) is 6.30. The van der Waals surface area contributed by atoms with Gasteiger partial charge in [0.15, 0.2) is 0 Å². The van der Waals surface area contributed by atoms with Crippen LogP contribution < -0.4 is 10.9 Å². The van der Waals surface area contributed by atoms with Crippen molar-refractivity contribution < 1.29 is 9.18 Å². The van der Waals surface area contributed by atoms with Crippen molar-refractivity contribution in [3.8, 4) is 0 Å². The molecule has 0 radical (unpaired) electrons. The maximum atomic E-state index is 14.2. The predicted molar refractivity (Wildman–Crippen MR) is 131 cm³/mol. The second kappa shape index (κ2) is 10.0. The Morgan fingerprint density at radius 3 is 2.50 bits per heavy atom. The van der Waals surface area contributed by atoms with E-state index in [0.717, 1.165) is 24.2 Å². The number of aryl methyl sites for hydroxylation is 3. The van der Waals surface area contributed by atoms with Crippen LogP contribution in [-0.4, -0.2) is 26.3 Å². The number of hydrogen-bond donors (Lipinski definition) is 1. The predicted octanol–water partition coefficient (Wildman–Crippen LogP) is 4.14. The van der Waals surface area contributed by atoms with Gasteiger partial charge in [0.2, 0.25) is 5.91 Å². The van der Waals surface area contributed by atoms with Crippen molar-refractivity contribution in [2.24, 2.45) is 0 Å². The molecule has 0 aliphatic heterocycles. The number of halogens is 1. The molecule has 0 fully saturated rings. The summed E-state index contributed by atoms with van der Waals surface area (Å²) in [5.41, 5.74) is 3.02. The minimum atomic E-state index is -0.322. The fourth-order valence-electron chi connectivity index (χ4n) is 4.35. The normalized spacial score (nSPS) is 12.1. The second-order valence-corrected chi connectivity index (χ2v) is 8.74. The molecule has 0 saturated carbocycles. The zero-order chi connectivity index (χ0) is 24.2. The summed E-state index contributed by atoms with van der Waals surface area (Å²) in [7, 11) is 0. The number of carbonyl (C=O) groups excluding carboxylic acids is 1. The molecule has 0 aliphatic rings. The minimum absolute atomic E-state index is 0.0297. The van der Waals surface area contributed by atoms with Gasteiger partial charge in [-0.2, -0.15) is 5.10 Å². The van der Waals surface area contributed by atoms with E-state index in [1.54, 1.807) is 24.4 Å². The molecule has 4 rings (SSSR count). The molecule has 2 aromatic carbocycles. The molecule has 2 heterocycles. The topological polar surface area (TPSA) is 68.9 Å². The van der Waals surface area contributed by atoms with Gasteiger partial charge in [0.25, 0.3) is 5.56 Å². The number of amides is 1. The van der Waals surface area contributed by atoms with Crippen LogP contribution in [0.5, 0.6) is 0 Å². The Kier molecular flexibility index (Phi) is 6.91. The lowest BCUT2D eigenvalue weighted by atomic mass is 10.1. The molecular formula is C27H29FN4O2. The number of aromatic nitrogens is 3. The zero-order valence-electron chi connectivity index (χ0n) is 19.7. The Balaban J connectivity index is 1.49. The van der Waals surface area contributed by atoms with Gasteiger partial charge in [-0.3, -0.25) is 9.59 Å². The van der Waals surface area contributed by atoms with Gasteiger partial charge in [0.1, 0.15) is 12.4 Å². The number of rotatable bonds is 8. The molecule has 2 aromatic heterocycles. The first kappa shape index (κ1) is 23.4. The van der Waals surface area contributed by atoms with Crippen molar-refractivity contribution >= 4 is 16.7 Å². The van der Waals surface area contributed by atoms with E-state index in [-0.39, 0.29) is 29.9 Å².